The molecule has 104 valence electrons. The molecule has 1 aromatic carbocycles. The Balaban J connectivity index is 2.30. The Kier molecular flexibility index (Phi) is 3.73. The predicted octanol–water partition coefficient (Wildman–Crippen LogP) is 1.48. The zero-order valence-corrected chi connectivity index (χ0v) is 12.4. The summed E-state index contributed by atoms with van der Waals surface area (Å²) in [6, 6.07) is 3.41. The van der Waals surface area contributed by atoms with Crippen molar-refractivity contribution in [2.24, 2.45) is 5.73 Å². The van der Waals surface area contributed by atoms with E-state index >= 15 is 0 Å². The van der Waals surface area contributed by atoms with E-state index in [0.717, 1.165) is 23.2 Å². The van der Waals surface area contributed by atoms with Gasteiger partial charge < -0.3 is 21.5 Å². The van der Waals surface area contributed by atoms with Gasteiger partial charge >= 0.3 is 0 Å². The molecule has 0 aromatic heterocycles. The topological polar surface area (TPSA) is 92.6 Å². The fraction of sp³-hybridized carbons (Fsp3) is 0.462. The average molecular weight is 328 g/mol. The van der Waals surface area contributed by atoms with Crippen LogP contribution in [-0.4, -0.2) is 29.7 Å². The molecule has 6 heteroatoms. The summed E-state index contributed by atoms with van der Waals surface area (Å²) in [5.74, 6) is -0.532. The summed E-state index contributed by atoms with van der Waals surface area (Å²) in [4.78, 5) is 13.5. The monoisotopic (exact) mass is 327 g/mol. The van der Waals surface area contributed by atoms with Gasteiger partial charge in [0.25, 0.3) is 5.91 Å². The summed E-state index contributed by atoms with van der Waals surface area (Å²) in [6.45, 7) is 3.30. The maximum atomic E-state index is 11.3. The molecule has 1 fully saturated rings. The first-order valence-corrected chi connectivity index (χ1v) is 6.95. The second-order valence-corrected chi connectivity index (χ2v) is 6.09. The van der Waals surface area contributed by atoms with Gasteiger partial charge in [0.15, 0.2) is 0 Å². The zero-order valence-electron chi connectivity index (χ0n) is 10.8. The van der Waals surface area contributed by atoms with E-state index in [1.807, 2.05) is 6.92 Å². The summed E-state index contributed by atoms with van der Waals surface area (Å²) in [7, 11) is 0. The molecule has 0 atom stereocenters. The number of carbonyl (C=O) groups excluding carboxylic acids is 1. The van der Waals surface area contributed by atoms with Crippen LogP contribution in [0.3, 0.4) is 0 Å². The molecular formula is C13H18BrN3O2. The Bertz CT molecular complexity index is 507. The molecule has 0 unspecified atom stereocenters. The van der Waals surface area contributed by atoms with Crippen LogP contribution >= 0.6 is 15.9 Å². The van der Waals surface area contributed by atoms with Crippen LogP contribution in [0, 0.1) is 0 Å². The number of piperidine rings is 1. The first kappa shape index (κ1) is 14.1. The maximum Gasteiger partial charge on any atom is 0.250 e. The fourth-order valence-corrected chi connectivity index (χ4v) is 2.87. The lowest BCUT2D eigenvalue weighted by Gasteiger charge is -2.37. The van der Waals surface area contributed by atoms with Gasteiger partial charge in [-0.3, -0.25) is 4.79 Å². The lowest BCUT2D eigenvalue weighted by atomic mass is 9.93. The molecule has 1 aliphatic heterocycles. The zero-order chi connectivity index (χ0) is 14.2. The quantitative estimate of drug-likeness (QED) is 0.717. The first-order valence-electron chi connectivity index (χ1n) is 6.16. The van der Waals surface area contributed by atoms with Gasteiger partial charge in [0, 0.05) is 23.2 Å². The summed E-state index contributed by atoms with van der Waals surface area (Å²) in [5.41, 5.74) is 12.1. The van der Waals surface area contributed by atoms with Crippen molar-refractivity contribution in [2.75, 3.05) is 23.7 Å². The van der Waals surface area contributed by atoms with Crippen molar-refractivity contribution in [2.45, 2.75) is 25.4 Å². The van der Waals surface area contributed by atoms with Gasteiger partial charge in [0.2, 0.25) is 0 Å². The highest BCUT2D eigenvalue weighted by Gasteiger charge is 2.28. The number of benzene rings is 1. The molecular weight excluding hydrogens is 310 g/mol. The van der Waals surface area contributed by atoms with Gasteiger partial charge in [-0.2, -0.15) is 0 Å². The minimum atomic E-state index is -0.608. The van der Waals surface area contributed by atoms with E-state index in [1.165, 1.54) is 0 Å². The lowest BCUT2D eigenvalue weighted by molar-refractivity contribution is 0.0351. The number of carbonyl (C=O) groups is 1. The Labute approximate surface area is 120 Å². The number of amides is 1. The van der Waals surface area contributed by atoms with Crippen LogP contribution in [0.1, 0.15) is 30.1 Å². The minimum absolute atomic E-state index is 0.329. The summed E-state index contributed by atoms with van der Waals surface area (Å²) < 4.78 is 0.830. The van der Waals surface area contributed by atoms with Crippen LogP contribution < -0.4 is 16.4 Å². The van der Waals surface area contributed by atoms with E-state index in [-0.39, 0.29) is 0 Å². The Morgan fingerprint density at radius 2 is 2.00 bits per heavy atom. The van der Waals surface area contributed by atoms with Crippen molar-refractivity contribution in [1.82, 2.24) is 0 Å². The number of hydrogen-bond acceptors (Lipinski definition) is 4. The number of nitrogens with two attached hydrogens (primary N) is 2. The molecule has 0 bridgehead atoms. The van der Waals surface area contributed by atoms with Crippen molar-refractivity contribution in [1.29, 1.82) is 0 Å². The third-order valence-corrected chi connectivity index (χ3v) is 4.20. The lowest BCUT2D eigenvalue weighted by Crippen LogP contribution is -2.42. The largest absolute Gasteiger partial charge is 0.398 e. The van der Waals surface area contributed by atoms with Crippen LogP contribution in [0.25, 0.3) is 0 Å². The number of nitrogen functional groups attached to an aromatic ring is 1. The molecule has 0 aliphatic carbocycles. The van der Waals surface area contributed by atoms with Gasteiger partial charge in [0.05, 0.1) is 16.9 Å². The Morgan fingerprint density at radius 3 is 2.53 bits per heavy atom. The van der Waals surface area contributed by atoms with Crippen molar-refractivity contribution in [3.63, 3.8) is 0 Å². The molecule has 2 rings (SSSR count). The van der Waals surface area contributed by atoms with E-state index in [9.17, 15) is 9.90 Å². The molecule has 1 saturated heterocycles. The normalized spacial score (nSPS) is 18.4. The molecule has 1 aromatic rings. The number of nitrogens with zero attached hydrogens (tertiary/aromatic N) is 1. The molecule has 0 saturated carbocycles. The molecule has 0 radical (unpaired) electrons. The second-order valence-electron chi connectivity index (χ2n) is 5.24. The van der Waals surface area contributed by atoms with Crippen LogP contribution in [0.15, 0.2) is 16.6 Å². The number of rotatable bonds is 2. The number of aliphatic hydroxyl groups is 1. The summed E-state index contributed by atoms with van der Waals surface area (Å²) in [6.07, 6.45) is 1.38. The van der Waals surface area contributed by atoms with Crippen LogP contribution in [0.5, 0.6) is 0 Å². The molecule has 5 N–H and O–H groups in total. The molecule has 1 amide bonds. The maximum absolute atomic E-state index is 11.3. The number of hydrogen-bond donors (Lipinski definition) is 3. The third kappa shape index (κ3) is 3.01. The Hall–Kier alpha value is -1.27. The fourth-order valence-electron chi connectivity index (χ4n) is 2.26. The average Bonchev–Trinajstić information content (AvgIpc) is 2.29. The molecule has 0 spiro atoms. The van der Waals surface area contributed by atoms with E-state index in [2.05, 4.69) is 20.8 Å². The van der Waals surface area contributed by atoms with E-state index < -0.39 is 11.5 Å². The molecule has 5 nitrogen and oxygen atoms in total. The van der Waals surface area contributed by atoms with Gasteiger partial charge in [0.1, 0.15) is 0 Å². The van der Waals surface area contributed by atoms with E-state index in [0.29, 0.717) is 24.1 Å². The van der Waals surface area contributed by atoms with Crippen LogP contribution in [0.4, 0.5) is 11.4 Å². The highest BCUT2D eigenvalue weighted by molar-refractivity contribution is 9.10. The first-order chi connectivity index (χ1) is 8.80. The third-order valence-electron chi connectivity index (χ3n) is 3.57. The predicted molar refractivity (Wildman–Crippen MR) is 79.1 cm³/mol. The molecule has 1 heterocycles. The van der Waals surface area contributed by atoms with Gasteiger partial charge in [-0.05, 0) is 47.8 Å². The smallest absolute Gasteiger partial charge is 0.250 e. The SMILES string of the molecule is CC1(O)CCN(c2cc(C(N)=O)c(N)cc2Br)CC1. The van der Waals surface area contributed by atoms with Crippen LogP contribution in [-0.2, 0) is 0 Å². The number of primary amides is 1. The van der Waals surface area contributed by atoms with E-state index in [1.54, 1.807) is 12.1 Å². The second kappa shape index (κ2) is 5.02. The Morgan fingerprint density at radius 1 is 1.42 bits per heavy atom. The van der Waals surface area contributed by atoms with Crippen LogP contribution in [0.2, 0.25) is 0 Å². The number of halogens is 1. The standard InChI is InChI=1S/C13H18BrN3O2/c1-13(19)2-4-17(5-3-13)11-6-8(12(16)18)10(15)7-9(11)14/h6-7,19H,2-5,15H2,1H3,(H2,16,18). The van der Waals surface area contributed by atoms with Crippen molar-refractivity contribution in [3.8, 4) is 0 Å². The summed E-state index contributed by atoms with van der Waals surface area (Å²) in [5, 5.41) is 9.96. The van der Waals surface area contributed by atoms with Crippen molar-refractivity contribution >= 4 is 33.2 Å². The summed E-state index contributed by atoms with van der Waals surface area (Å²) >= 11 is 3.46. The highest BCUT2D eigenvalue weighted by atomic mass is 79.9. The minimum Gasteiger partial charge on any atom is -0.398 e. The molecule has 19 heavy (non-hydrogen) atoms. The van der Waals surface area contributed by atoms with Gasteiger partial charge in [-0.1, -0.05) is 0 Å². The highest BCUT2D eigenvalue weighted by Crippen LogP contribution is 2.34. The van der Waals surface area contributed by atoms with E-state index in [4.69, 9.17) is 11.5 Å². The number of anilines is 2. The van der Waals surface area contributed by atoms with Gasteiger partial charge in [-0.25, -0.2) is 0 Å². The molecule has 1 aliphatic rings. The van der Waals surface area contributed by atoms with Crippen molar-refractivity contribution < 1.29 is 9.90 Å². The van der Waals surface area contributed by atoms with Crippen molar-refractivity contribution in [3.05, 3.63) is 22.2 Å². The van der Waals surface area contributed by atoms with Gasteiger partial charge in [-0.15, -0.1) is 0 Å².